The number of nitrogens with two attached hydrogens (primary N) is 1. The van der Waals surface area contributed by atoms with Gasteiger partial charge in [-0.2, -0.15) is 0 Å². The maximum absolute atomic E-state index is 13.1. The third-order valence-electron chi connectivity index (χ3n) is 4.00. The molecule has 2 aromatic rings. The topological polar surface area (TPSA) is 98.9 Å². The summed E-state index contributed by atoms with van der Waals surface area (Å²) < 4.78 is 24.3. The van der Waals surface area contributed by atoms with Gasteiger partial charge in [0.2, 0.25) is 5.91 Å². The van der Waals surface area contributed by atoms with Crippen molar-refractivity contribution >= 4 is 34.9 Å². The zero-order chi connectivity index (χ0) is 21.0. The highest BCUT2D eigenvalue weighted by molar-refractivity contribution is 8.18. The molecule has 3 rings (SSSR count). The number of nitrogens with zero attached hydrogens (tertiary/aromatic N) is 1. The molecule has 9 heteroatoms. The van der Waals surface area contributed by atoms with Crippen LogP contribution in [0.3, 0.4) is 0 Å². The van der Waals surface area contributed by atoms with Crippen LogP contribution in [0, 0.1) is 5.82 Å². The lowest BCUT2D eigenvalue weighted by Crippen LogP contribution is -2.36. The third kappa shape index (κ3) is 4.75. The number of amides is 3. The number of primary amides is 1. The molecule has 0 atom stereocenters. The first-order valence-electron chi connectivity index (χ1n) is 8.47. The van der Waals surface area contributed by atoms with Gasteiger partial charge in [0.05, 0.1) is 12.0 Å². The minimum Gasteiger partial charge on any atom is -0.493 e. The molecule has 7 nitrogen and oxygen atoms in total. The number of carbonyl (C=O) groups excluding carboxylic acids is 3. The smallest absolute Gasteiger partial charge is 0.294 e. The van der Waals surface area contributed by atoms with E-state index < -0.39 is 23.6 Å². The fourth-order valence-corrected chi connectivity index (χ4v) is 3.46. The number of benzene rings is 2. The van der Waals surface area contributed by atoms with Crippen LogP contribution in [0.1, 0.15) is 11.1 Å². The largest absolute Gasteiger partial charge is 0.493 e. The van der Waals surface area contributed by atoms with Crippen LogP contribution in [0.5, 0.6) is 11.5 Å². The molecule has 29 heavy (non-hydrogen) atoms. The van der Waals surface area contributed by atoms with E-state index in [4.69, 9.17) is 15.2 Å². The molecule has 1 fully saturated rings. The highest BCUT2D eigenvalue weighted by Crippen LogP contribution is 2.37. The summed E-state index contributed by atoms with van der Waals surface area (Å²) in [6.07, 6.45) is 1.49. The van der Waals surface area contributed by atoms with E-state index in [2.05, 4.69) is 0 Å². The molecule has 0 unspecified atom stereocenters. The second-order valence-corrected chi connectivity index (χ2v) is 7.02. The van der Waals surface area contributed by atoms with E-state index in [-0.39, 0.29) is 17.3 Å². The van der Waals surface area contributed by atoms with Crippen molar-refractivity contribution in [3.8, 4) is 11.5 Å². The van der Waals surface area contributed by atoms with Crippen LogP contribution in [0.2, 0.25) is 0 Å². The van der Waals surface area contributed by atoms with Crippen molar-refractivity contribution in [2.24, 2.45) is 5.73 Å². The Morgan fingerprint density at radius 1 is 1.21 bits per heavy atom. The maximum atomic E-state index is 13.1. The summed E-state index contributed by atoms with van der Waals surface area (Å²) in [4.78, 5) is 36.4. The van der Waals surface area contributed by atoms with E-state index in [1.807, 2.05) is 0 Å². The summed E-state index contributed by atoms with van der Waals surface area (Å²) >= 11 is 0.710. The molecule has 0 aliphatic carbocycles. The van der Waals surface area contributed by atoms with Gasteiger partial charge in [0.1, 0.15) is 19.0 Å². The molecular formula is C20H17FN2O5S. The standard InChI is InChI=1S/C20H17FN2O5S/c1-27-15-4-2-3-13(18(15)28-11-12-5-7-14(21)8-6-12)9-16-19(25)23(10-17(22)24)20(26)29-16/h2-9H,10-11H2,1H3,(H2,22,24)/b16-9-. The Morgan fingerprint density at radius 2 is 1.93 bits per heavy atom. The Hall–Kier alpha value is -3.33. The molecular weight excluding hydrogens is 399 g/mol. The van der Waals surface area contributed by atoms with Crippen LogP contribution in [-0.2, 0) is 16.2 Å². The van der Waals surface area contributed by atoms with Gasteiger partial charge in [-0.15, -0.1) is 0 Å². The van der Waals surface area contributed by atoms with Crippen LogP contribution in [0.15, 0.2) is 47.4 Å². The summed E-state index contributed by atoms with van der Waals surface area (Å²) in [7, 11) is 1.48. The number of ether oxygens (including phenoxy) is 2. The van der Waals surface area contributed by atoms with E-state index in [9.17, 15) is 18.8 Å². The van der Waals surface area contributed by atoms with Gasteiger partial charge in [0, 0.05) is 5.56 Å². The van der Waals surface area contributed by atoms with Crippen molar-refractivity contribution in [2.75, 3.05) is 13.7 Å². The lowest BCUT2D eigenvalue weighted by Gasteiger charge is -2.14. The Kier molecular flexibility index (Phi) is 6.18. The zero-order valence-corrected chi connectivity index (χ0v) is 16.2. The molecule has 1 aliphatic heterocycles. The molecule has 1 saturated heterocycles. The summed E-state index contributed by atoms with van der Waals surface area (Å²) in [5.41, 5.74) is 6.34. The van der Waals surface area contributed by atoms with E-state index in [1.54, 1.807) is 30.3 Å². The van der Waals surface area contributed by atoms with Crippen molar-refractivity contribution in [3.63, 3.8) is 0 Å². The van der Waals surface area contributed by atoms with Crippen LogP contribution >= 0.6 is 11.8 Å². The Balaban J connectivity index is 1.88. The van der Waals surface area contributed by atoms with Crippen molar-refractivity contribution in [1.29, 1.82) is 0 Å². The van der Waals surface area contributed by atoms with E-state index in [0.717, 1.165) is 10.5 Å². The third-order valence-corrected chi connectivity index (χ3v) is 4.91. The Labute approximate surface area is 170 Å². The molecule has 0 radical (unpaired) electrons. The lowest BCUT2D eigenvalue weighted by atomic mass is 10.1. The van der Waals surface area contributed by atoms with Crippen molar-refractivity contribution < 1.29 is 28.2 Å². The second kappa shape index (κ2) is 8.78. The SMILES string of the molecule is COc1cccc(/C=C2\SC(=O)N(CC(N)=O)C2=O)c1OCc1ccc(F)cc1. The van der Waals surface area contributed by atoms with Crippen molar-refractivity contribution in [1.82, 2.24) is 4.90 Å². The number of imide groups is 1. The first kappa shape index (κ1) is 20.4. The average molecular weight is 416 g/mol. The van der Waals surface area contributed by atoms with Crippen LogP contribution in [-0.4, -0.2) is 35.6 Å². The van der Waals surface area contributed by atoms with E-state index in [1.165, 1.54) is 25.3 Å². The zero-order valence-electron chi connectivity index (χ0n) is 15.4. The molecule has 3 amide bonds. The quantitative estimate of drug-likeness (QED) is 0.697. The number of thioether (sulfide) groups is 1. The number of hydrogen-bond donors (Lipinski definition) is 1. The average Bonchev–Trinajstić information content (AvgIpc) is 2.95. The van der Waals surface area contributed by atoms with Gasteiger partial charge in [-0.3, -0.25) is 19.3 Å². The minimum absolute atomic E-state index is 0.135. The fraction of sp³-hybridized carbons (Fsp3) is 0.150. The maximum Gasteiger partial charge on any atom is 0.294 e. The molecule has 0 aromatic heterocycles. The van der Waals surface area contributed by atoms with Crippen LogP contribution < -0.4 is 15.2 Å². The predicted molar refractivity (Wildman–Crippen MR) is 106 cm³/mol. The van der Waals surface area contributed by atoms with Gasteiger partial charge in [-0.25, -0.2) is 4.39 Å². The lowest BCUT2D eigenvalue weighted by molar-refractivity contribution is -0.127. The summed E-state index contributed by atoms with van der Waals surface area (Å²) in [6.45, 7) is -0.335. The predicted octanol–water partition coefficient (Wildman–Crippen LogP) is 2.93. The summed E-state index contributed by atoms with van der Waals surface area (Å²) in [6, 6.07) is 11.0. The van der Waals surface area contributed by atoms with Crippen molar-refractivity contribution in [2.45, 2.75) is 6.61 Å². The van der Waals surface area contributed by atoms with Crippen LogP contribution in [0.25, 0.3) is 6.08 Å². The molecule has 0 spiro atoms. The Morgan fingerprint density at radius 3 is 2.59 bits per heavy atom. The Bertz CT molecular complexity index is 991. The van der Waals surface area contributed by atoms with Gasteiger partial charge in [0.25, 0.3) is 11.1 Å². The highest BCUT2D eigenvalue weighted by Gasteiger charge is 2.36. The van der Waals surface area contributed by atoms with Crippen LogP contribution in [0.4, 0.5) is 9.18 Å². The number of hydrogen-bond acceptors (Lipinski definition) is 6. The highest BCUT2D eigenvalue weighted by atomic mass is 32.2. The summed E-state index contributed by atoms with van der Waals surface area (Å²) in [5.74, 6) is -0.943. The second-order valence-electron chi connectivity index (χ2n) is 6.03. The number of para-hydroxylation sites is 1. The molecule has 1 heterocycles. The van der Waals surface area contributed by atoms with Gasteiger partial charge in [-0.1, -0.05) is 24.3 Å². The molecule has 2 aromatic carbocycles. The molecule has 2 N–H and O–H groups in total. The van der Waals surface area contributed by atoms with Gasteiger partial charge < -0.3 is 15.2 Å². The normalized spacial score (nSPS) is 15.1. The van der Waals surface area contributed by atoms with Gasteiger partial charge in [-0.05, 0) is 41.6 Å². The molecule has 150 valence electrons. The molecule has 0 saturated carbocycles. The van der Waals surface area contributed by atoms with E-state index in [0.29, 0.717) is 28.8 Å². The minimum atomic E-state index is -0.779. The number of carbonyl (C=O) groups is 3. The fourth-order valence-electron chi connectivity index (χ4n) is 2.63. The number of rotatable bonds is 7. The molecule has 0 bridgehead atoms. The van der Waals surface area contributed by atoms with Gasteiger partial charge in [0.15, 0.2) is 11.5 Å². The number of halogens is 1. The number of methoxy groups -OCH3 is 1. The van der Waals surface area contributed by atoms with E-state index >= 15 is 0 Å². The van der Waals surface area contributed by atoms with Crippen molar-refractivity contribution in [3.05, 3.63) is 64.3 Å². The first-order chi connectivity index (χ1) is 13.9. The molecule has 1 aliphatic rings. The van der Waals surface area contributed by atoms with Gasteiger partial charge >= 0.3 is 0 Å². The first-order valence-corrected chi connectivity index (χ1v) is 9.28. The summed E-state index contributed by atoms with van der Waals surface area (Å²) in [5, 5.41) is -0.572. The monoisotopic (exact) mass is 416 g/mol.